The molecule has 0 saturated carbocycles. The molecule has 8 nitrogen and oxygen atoms in total. The first-order chi connectivity index (χ1) is 12.6. The number of urea groups is 1. The second kappa shape index (κ2) is 6.80. The summed E-state index contributed by atoms with van der Waals surface area (Å²) in [5.74, 6) is 1.05. The summed E-state index contributed by atoms with van der Waals surface area (Å²) in [5.41, 5.74) is 1.80. The fourth-order valence-electron chi connectivity index (χ4n) is 3.28. The predicted molar refractivity (Wildman–Crippen MR) is 99.8 cm³/mol. The van der Waals surface area contributed by atoms with E-state index in [2.05, 4.69) is 20.3 Å². The Kier molecular flexibility index (Phi) is 4.34. The van der Waals surface area contributed by atoms with Crippen LogP contribution < -0.4 is 5.32 Å². The summed E-state index contributed by atoms with van der Waals surface area (Å²) in [6, 6.07) is 5.79. The maximum absolute atomic E-state index is 12.6. The topological polar surface area (TPSA) is 71.2 Å². The van der Waals surface area contributed by atoms with Crippen LogP contribution in [0.15, 0.2) is 36.8 Å². The minimum absolute atomic E-state index is 0.0526. The van der Waals surface area contributed by atoms with Gasteiger partial charge in [0.05, 0.1) is 18.3 Å². The third kappa shape index (κ3) is 3.28. The number of aryl methyl sites for hydroxylation is 2. The van der Waals surface area contributed by atoms with Crippen molar-refractivity contribution < 1.29 is 4.79 Å². The first kappa shape index (κ1) is 16.6. The van der Waals surface area contributed by atoms with Gasteiger partial charge in [-0.2, -0.15) is 5.10 Å². The number of rotatable bonds is 3. The largest absolute Gasteiger partial charge is 0.337 e. The highest BCUT2D eigenvalue weighted by Gasteiger charge is 2.22. The van der Waals surface area contributed by atoms with Crippen LogP contribution in [0.25, 0.3) is 10.9 Å². The van der Waals surface area contributed by atoms with Gasteiger partial charge in [0.15, 0.2) is 0 Å². The Balaban J connectivity index is 1.34. The lowest BCUT2D eigenvalue weighted by Gasteiger charge is -2.34. The van der Waals surface area contributed by atoms with E-state index in [0.29, 0.717) is 13.1 Å². The summed E-state index contributed by atoms with van der Waals surface area (Å²) in [4.78, 5) is 21.1. The van der Waals surface area contributed by atoms with Gasteiger partial charge in [-0.1, -0.05) is 0 Å². The monoisotopic (exact) mass is 353 g/mol. The number of carbonyl (C=O) groups is 1. The second-order valence-electron chi connectivity index (χ2n) is 6.69. The van der Waals surface area contributed by atoms with Crippen molar-refractivity contribution in [1.82, 2.24) is 29.1 Å². The number of imidazole rings is 1. The van der Waals surface area contributed by atoms with Crippen molar-refractivity contribution in [3.63, 3.8) is 0 Å². The third-order valence-electron chi connectivity index (χ3n) is 4.95. The zero-order chi connectivity index (χ0) is 18.1. The van der Waals surface area contributed by atoms with E-state index in [4.69, 9.17) is 0 Å². The lowest BCUT2D eigenvalue weighted by molar-refractivity contribution is 0.140. The van der Waals surface area contributed by atoms with E-state index in [9.17, 15) is 4.79 Å². The molecule has 4 rings (SSSR count). The van der Waals surface area contributed by atoms with Gasteiger partial charge in [0.1, 0.15) is 5.82 Å². The summed E-state index contributed by atoms with van der Waals surface area (Å²) in [5, 5.41) is 8.30. The molecule has 0 aliphatic carbocycles. The molecular weight excluding hydrogens is 330 g/mol. The summed E-state index contributed by atoms with van der Waals surface area (Å²) in [6.45, 7) is 3.94. The number of hydrogen-bond acceptors (Lipinski definition) is 4. The molecule has 1 aliphatic rings. The SMILES string of the molecule is Cn1ccnc1CN1CCN(C(=O)Nc2ccc3cnn(C)c3c2)CC1. The van der Waals surface area contributed by atoms with E-state index in [1.54, 1.807) is 4.68 Å². The van der Waals surface area contributed by atoms with Gasteiger partial charge in [-0.05, 0) is 18.2 Å². The van der Waals surface area contributed by atoms with Crippen LogP contribution >= 0.6 is 0 Å². The van der Waals surface area contributed by atoms with Crippen molar-refractivity contribution >= 4 is 22.6 Å². The first-order valence-electron chi connectivity index (χ1n) is 8.76. The zero-order valence-electron chi connectivity index (χ0n) is 15.1. The molecule has 3 aromatic rings. The van der Waals surface area contributed by atoms with Gasteiger partial charge in [-0.15, -0.1) is 0 Å². The number of benzene rings is 1. The van der Waals surface area contributed by atoms with E-state index < -0.39 is 0 Å². The number of piperazine rings is 1. The summed E-state index contributed by atoms with van der Waals surface area (Å²) in [7, 11) is 3.90. The van der Waals surface area contributed by atoms with Gasteiger partial charge < -0.3 is 14.8 Å². The fraction of sp³-hybridized carbons (Fsp3) is 0.389. The highest BCUT2D eigenvalue weighted by atomic mass is 16.2. The molecule has 0 radical (unpaired) electrons. The van der Waals surface area contributed by atoms with Crippen LogP contribution in [-0.2, 0) is 20.6 Å². The van der Waals surface area contributed by atoms with E-state index in [1.807, 2.05) is 60.4 Å². The minimum atomic E-state index is -0.0526. The molecule has 0 atom stereocenters. The smallest absolute Gasteiger partial charge is 0.321 e. The van der Waals surface area contributed by atoms with E-state index in [-0.39, 0.29) is 6.03 Å². The molecule has 3 heterocycles. The van der Waals surface area contributed by atoms with Crippen LogP contribution in [0, 0.1) is 0 Å². The Morgan fingerprint density at radius 2 is 2.00 bits per heavy atom. The number of carbonyl (C=O) groups excluding carboxylic acids is 1. The Morgan fingerprint density at radius 3 is 2.73 bits per heavy atom. The maximum atomic E-state index is 12.6. The first-order valence-corrected chi connectivity index (χ1v) is 8.76. The van der Waals surface area contributed by atoms with Gasteiger partial charge in [0.25, 0.3) is 0 Å². The van der Waals surface area contributed by atoms with Crippen molar-refractivity contribution in [2.45, 2.75) is 6.54 Å². The van der Waals surface area contributed by atoms with Crippen LogP contribution in [0.1, 0.15) is 5.82 Å². The predicted octanol–water partition coefficient (Wildman–Crippen LogP) is 1.66. The van der Waals surface area contributed by atoms with Crippen molar-refractivity contribution in [1.29, 1.82) is 0 Å². The van der Waals surface area contributed by atoms with E-state index in [0.717, 1.165) is 42.0 Å². The maximum Gasteiger partial charge on any atom is 0.321 e. The van der Waals surface area contributed by atoms with Crippen LogP contribution in [-0.4, -0.2) is 61.3 Å². The molecule has 1 N–H and O–H groups in total. The molecular formula is C18H23N7O. The average Bonchev–Trinajstić information content (AvgIpc) is 3.22. The van der Waals surface area contributed by atoms with Crippen LogP contribution in [0.5, 0.6) is 0 Å². The molecule has 1 aromatic carbocycles. The molecule has 2 aromatic heterocycles. The molecule has 2 amide bonds. The Bertz CT molecular complexity index is 921. The van der Waals surface area contributed by atoms with Gasteiger partial charge in [0, 0.05) is 63.7 Å². The number of anilines is 1. The molecule has 1 saturated heterocycles. The van der Waals surface area contributed by atoms with Crippen LogP contribution in [0.3, 0.4) is 0 Å². The highest BCUT2D eigenvalue weighted by Crippen LogP contribution is 2.19. The average molecular weight is 353 g/mol. The van der Waals surface area contributed by atoms with E-state index >= 15 is 0 Å². The lowest BCUT2D eigenvalue weighted by atomic mass is 10.2. The molecule has 8 heteroatoms. The van der Waals surface area contributed by atoms with Crippen molar-refractivity contribution in [2.24, 2.45) is 14.1 Å². The molecule has 0 spiro atoms. The number of amides is 2. The molecule has 136 valence electrons. The van der Waals surface area contributed by atoms with Gasteiger partial charge in [-0.25, -0.2) is 9.78 Å². The van der Waals surface area contributed by atoms with Gasteiger partial charge >= 0.3 is 6.03 Å². The zero-order valence-corrected chi connectivity index (χ0v) is 15.1. The van der Waals surface area contributed by atoms with E-state index in [1.165, 1.54) is 0 Å². The summed E-state index contributed by atoms with van der Waals surface area (Å²) < 4.78 is 3.84. The molecule has 1 fully saturated rings. The number of aromatic nitrogens is 4. The molecule has 26 heavy (non-hydrogen) atoms. The van der Waals surface area contributed by atoms with Crippen molar-refractivity contribution in [2.75, 3.05) is 31.5 Å². The Morgan fingerprint density at radius 1 is 1.19 bits per heavy atom. The van der Waals surface area contributed by atoms with Crippen LogP contribution in [0.4, 0.5) is 10.5 Å². The number of hydrogen-bond donors (Lipinski definition) is 1. The summed E-state index contributed by atoms with van der Waals surface area (Å²) >= 11 is 0. The Hall–Kier alpha value is -2.87. The number of fused-ring (bicyclic) bond motifs is 1. The van der Waals surface area contributed by atoms with Gasteiger partial charge in [-0.3, -0.25) is 9.58 Å². The van der Waals surface area contributed by atoms with Crippen molar-refractivity contribution in [3.8, 4) is 0 Å². The molecule has 0 bridgehead atoms. The number of nitrogens with one attached hydrogen (secondary N) is 1. The van der Waals surface area contributed by atoms with Crippen LogP contribution in [0.2, 0.25) is 0 Å². The number of nitrogens with zero attached hydrogens (tertiary/aromatic N) is 6. The lowest BCUT2D eigenvalue weighted by Crippen LogP contribution is -2.49. The summed E-state index contributed by atoms with van der Waals surface area (Å²) in [6.07, 6.45) is 5.60. The van der Waals surface area contributed by atoms with Crippen molar-refractivity contribution in [3.05, 3.63) is 42.6 Å². The Labute approximate surface area is 152 Å². The standard InChI is InChI=1S/C18H23N7O/c1-22-6-5-19-17(22)13-24-7-9-25(10-8-24)18(26)21-15-4-3-14-12-20-23(2)16(14)11-15/h3-6,11-12H,7-10,13H2,1-2H3,(H,21,26). The second-order valence-corrected chi connectivity index (χ2v) is 6.69. The third-order valence-corrected chi connectivity index (χ3v) is 4.95. The fourth-order valence-corrected chi connectivity index (χ4v) is 3.28. The quantitative estimate of drug-likeness (QED) is 0.777. The molecule has 1 aliphatic heterocycles. The minimum Gasteiger partial charge on any atom is -0.337 e. The normalized spacial score (nSPS) is 15.5. The highest BCUT2D eigenvalue weighted by molar-refractivity contribution is 5.92. The van der Waals surface area contributed by atoms with Gasteiger partial charge in [0.2, 0.25) is 0 Å². The molecule has 0 unspecified atom stereocenters.